The monoisotopic (exact) mass is 689 g/mol. The number of aromatic nitrogens is 3. The van der Waals surface area contributed by atoms with Crippen LogP contribution in [0.5, 0.6) is 5.75 Å². The quantitative estimate of drug-likeness (QED) is 0.315. The van der Waals surface area contributed by atoms with Crippen molar-refractivity contribution in [1.29, 1.82) is 0 Å². The second-order valence-electron chi connectivity index (χ2n) is 12.5. The first-order valence-corrected chi connectivity index (χ1v) is 17.5. The normalized spacial score (nSPS) is 20.3. The van der Waals surface area contributed by atoms with Gasteiger partial charge in [-0.3, -0.25) is 9.52 Å². The summed E-state index contributed by atoms with van der Waals surface area (Å²) >= 11 is 0. The molecule has 15 nitrogen and oxygen atoms in total. The molecule has 2 aromatic heterocycles. The van der Waals surface area contributed by atoms with Crippen LogP contribution in [0.15, 0.2) is 40.3 Å². The molecule has 4 atom stereocenters. The number of fused-ring (bicyclic) bond motifs is 1. The highest BCUT2D eigenvalue weighted by Crippen LogP contribution is 2.29. The van der Waals surface area contributed by atoms with Gasteiger partial charge in [0.15, 0.2) is 10.8 Å². The molecule has 16 heteroatoms. The second kappa shape index (κ2) is 15.8. The molecule has 0 saturated carbocycles. The van der Waals surface area contributed by atoms with Gasteiger partial charge in [0.05, 0.1) is 36.7 Å². The van der Waals surface area contributed by atoms with E-state index in [1.807, 2.05) is 13.8 Å². The van der Waals surface area contributed by atoms with Gasteiger partial charge in [0, 0.05) is 51.6 Å². The SMILES string of the molecule is Cc1noc(C)c1NC(=O)N(C)C[C@H]1OCCCC[C@H](C)Oc2ccc(NS(=O)(=O)c3cn(C)cn3)cc2C(=O)N([C@@H](C)CO)C[C@@H]1C. The van der Waals surface area contributed by atoms with Crippen molar-refractivity contribution < 1.29 is 37.1 Å². The molecule has 0 spiro atoms. The van der Waals surface area contributed by atoms with E-state index in [4.69, 9.17) is 14.0 Å². The van der Waals surface area contributed by atoms with E-state index in [-0.39, 0.29) is 54.0 Å². The summed E-state index contributed by atoms with van der Waals surface area (Å²) in [7, 11) is -0.711. The average molecular weight is 690 g/mol. The Morgan fingerprint density at radius 1 is 1.23 bits per heavy atom. The molecule has 4 rings (SSSR count). The minimum absolute atomic E-state index is 0.140. The van der Waals surface area contributed by atoms with Gasteiger partial charge in [-0.2, -0.15) is 8.42 Å². The van der Waals surface area contributed by atoms with Crippen LogP contribution in [-0.4, -0.2) is 102 Å². The first-order valence-electron chi connectivity index (χ1n) is 16.0. The molecule has 3 N–H and O–H groups in total. The molecule has 0 unspecified atom stereocenters. The van der Waals surface area contributed by atoms with Gasteiger partial charge >= 0.3 is 6.03 Å². The maximum absolute atomic E-state index is 14.3. The Bertz CT molecular complexity index is 1650. The number of nitrogens with zero attached hydrogens (tertiary/aromatic N) is 5. The third kappa shape index (κ3) is 9.05. The molecule has 3 aromatic rings. The number of amides is 3. The summed E-state index contributed by atoms with van der Waals surface area (Å²) in [6.45, 7) is 9.54. The number of aliphatic hydroxyl groups is 1. The van der Waals surface area contributed by atoms with E-state index in [1.54, 1.807) is 40.9 Å². The minimum atomic E-state index is -4.04. The molecule has 0 radical (unpaired) electrons. The van der Waals surface area contributed by atoms with Gasteiger partial charge in [-0.25, -0.2) is 9.78 Å². The molecule has 1 aliphatic rings. The zero-order valence-corrected chi connectivity index (χ0v) is 29.4. The van der Waals surface area contributed by atoms with E-state index in [0.717, 1.165) is 12.8 Å². The molecule has 0 fully saturated rings. The lowest BCUT2D eigenvalue weighted by Gasteiger charge is -2.35. The molecule has 0 bridgehead atoms. The predicted octanol–water partition coefficient (Wildman–Crippen LogP) is 3.79. The number of ether oxygens (including phenoxy) is 2. The molecule has 0 saturated heterocycles. The fourth-order valence-electron chi connectivity index (χ4n) is 5.40. The number of aryl methyl sites for hydroxylation is 3. The highest BCUT2D eigenvalue weighted by molar-refractivity contribution is 7.92. The highest BCUT2D eigenvalue weighted by Gasteiger charge is 2.31. The Morgan fingerprint density at radius 3 is 2.62 bits per heavy atom. The van der Waals surface area contributed by atoms with Crippen LogP contribution in [0.2, 0.25) is 0 Å². The number of carbonyl (C=O) groups excluding carboxylic acids is 2. The molecule has 1 aliphatic heterocycles. The average Bonchev–Trinajstić information content (AvgIpc) is 3.63. The van der Waals surface area contributed by atoms with E-state index >= 15 is 0 Å². The lowest BCUT2D eigenvalue weighted by molar-refractivity contribution is -0.0115. The van der Waals surface area contributed by atoms with Crippen LogP contribution in [0.4, 0.5) is 16.2 Å². The Morgan fingerprint density at radius 2 is 1.98 bits per heavy atom. The Kier molecular flexibility index (Phi) is 12.1. The molecular formula is C32H47N7O8S. The van der Waals surface area contributed by atoms with E-state index in [0.29, 0.717) is 35.9 Å². The van der Waals surface area contributed by atoms with E-state index in [1.165, 1.54) is 39.0 Å². The third-order valence-electron chi connectivity index (χ3n) is 8.33. The zero-order chi connectivity index (χ0) is 35.2. The van der Waals surface area contributed by atoms with Gasteiger partial charge in [-0.1, -0.05) is 12.1 Å². The lowest BCUT2D eigenvalue weighted by Crippen LogP contribution is -2.48. The number of imidazole rings is 1. The Labute approximate surface area is 281 Å². The molecule has 3 amide bonds. The van der Waals surface area contributed by atoms with Crippen molar-refractivity contribution in [3.05, 3.63) is 47.7 Å². The van der Waals surface area contributed by atoms with Crippen molar-refractivity contribution in [2.24, 2.45) is 13.0 Å². The number of benzene rings is 1. The number of anilines is 2. The topological polar surface area (TPSA) is 181 Å². The van der Waals surface area contributed by atoms with Gasteiger partial charge in [-0.05, 0) is 65.2 Å². The number of carbonyl (C=O) groups is 2. The predicted molar refractivity (Wildman–Crippen MR) is 179 cm³/mol. The van der Waals surface area contributed by atoms with E-state index < -0.39 is 28.1 Å². The molecule has 0 aliphatic carbocycles. The number of sulfonamides is 1. The van der Waals surface area contributed by atoms with Crippen molar-refractivity contribution >= 4 is 33.3 Å². The molecule has 264 valence electrons. The summed E-state index contributed by atoms with van der Waals surface area (Å²) in [6.07, 6.45) is 4.27. The fraction of sp³-hybridized carbons (Fsp3) is 0.562. The maximum Gasteiger partial charge on any atom is 0.321 e. The molecule has 1 aromatic carbocycles. The van der Waals surface area contributed by atoms with Crippen molar-refractivity contribution in [2.75, 3.05) is 43.4 Å². The van der Waals surface area contributed by atoms with Gasteiger partial charge in [-0.15, -0.1) is 0 Å². The highest BCUT2D eigenvalue weighted by atomic mass is 32.2. The van der Waals surface area contributed by atoms with Crippen molar-refractivity contribution in [3.8, 4) is 5.75 Å². The number of hydrogen-bond acceptors (Lipinski definition) is 10. The van der Waals surface area contributed by atoms with Gasteiger partial charge in [0.25, 0.3) is 15.9 Å². The summed E-state index contributed by atoms with van der Waals surface area (Å²) in [5.74, 6) is 0.0611. The smallest absolute Gasteiger partial charge is 0.321 e. The van der Waals surface area contributed by atoms with Crippen LogP contribution in [0.1, 0.15) is 61.8 Å². The largest absolute Gasteiger partial charge is 0.490 e. The standard InChI is InChI=1S/C32H47N7O8S/c1-20-15-39(21(2)18-40)31(41)26-14-25(36-48(43,44)29-17-37(6)19-33-29)11-12-27(26)46-22(3)10-8-9-13-45-28(20)16-38(7)32(42)34-30-23(4)35-47-24(30)5/h11-12,14,17,19-22,28,36,40H,8-10,13,15-16,18H2,1-7H3,(H,34,42)/t20-,21-,22-,28+/m0/s1. The Hall–Kier alpha value is -4.15. The lowest BCUT2D eigenvalue weighted by atomic mass is 10.0. The summed E-state index contributed by atoms with van der Waals surface area (Å²) in [5.41, 5.74) is 1.37. The number of likely N-dealkylation sites (N-methyl/N-ethyl adjacent to an activating group) is 1. The van der Waals surface area contributed by atoms with Gasteiger partial charge in [0.1, 0.15) is 17.1 Å². The van der Waals surface area contributed by atoms with Crippen LogP contribution in [0.3, 0.4) is 0 Å². The fourth-order valence-corrected chi connectivity index (χ4v) is 6.43. The van der Waals surface area contributed by atoms with Crippen LogP contribution < -0.4 is 14.8 Å². The number of aliphatic hydroxyl groups excluding tert-OH is 1. The summed E-state index contributed by atoms with van der Waals surface area (Å²) in [6, 6.07) is 3.60. The third-order valence-corrected chi connectivity index (χ3v) is 9.59. The first kappa shape index (κ1) is 36.7. The summed E-state index contributed by atoms with van der Waals surface area (Å²) in [5, 5.41) is 16.8. The minimum Gasteiger partial charge on any atom is -0.490 e. The van der Waals surface area contributed by atoms with Crippen LogP contribution >= 0.6 is 0 Å². The van der Waals surface area contributed by atoms with Crippen molar-refractivity contribution in [2.45, 2.75) is 77.2 Å². The van der Waals surface area contributed by atoms with Crippen molar-refractivity contribution in [3.63, 3.8) is 0 Å². The number of rotatable bonds is 8. The molecule has 48 heavy (non-hydrogen) atoms. The molecule has 3 heterocycles. The summed E-state index contributed by atoms with van der Waals surface area (Å²) < 4.78 is 47.9. The number of nitrogens with one attached hydrogen (secondary N) is 2. The molecular weight excluding hydrogens is 642 g/mol. The second-order valence-corrected chi connectivity index (χ2v) is 14.1. The number of hydrogen-bond donors (Lipinski definition) is 3. The van der Waals surface area contributed by atoms with Gasteiger partial charge < -0.3 is 38.8 Å². The van der Waals surface area contributed by atoms with Crippen LogP contribution in [0.25, 0.3) is 0 Å². The van der Waals surface area contributed by atoms with Crippen LogP contribution in [0, 0.1) is 19.8 Å². The summed E-state index contributed by atoms with van der Waals surface area (Å²) in [4.78, 5) is 34.5. The van der Waals surface area contributed by atoms with Crippen LogP contribution in [-0.2, 0) is 21.8 Å². The maximum atomic E-state index is 14.3. The van der Waals surface area contributed by atoms with E-state index in [9.17, 15) is 23.1 Å². The van der Waals surface area contributed by atoms with E-state index in [2.05, 4.69) is 20.2 Å². The Balaban J connectivity index is 1.63. The zero-order valence-electron chi connectivity index (χ0n) is 28.6. The number of urea groups is 1. The first-order chi connectivity index (χ1) is 22.7. The van der Waals surface area contributed by atoms with Crippen molar-refractivity contribution in [1.82, 2.24) is 24.5 Å². The van der Waals surface area contributed by atoms with Gasteiger partial charge in [0.2, 0.25) is 0 Å².